The fraction of sp³-hybridized carbons (Fsp3) is 0.400. The van der Waals surface area contributed by atoms with Crippen molar-refractivity contribution < 1.29 is 14.4 Å². The number of likely N-dealkylation sites (tertiary alicyclic amines) is 1. The molecule has 90 valence electrons. The summed E-state index contributed by atoms with van der Waals surface area (Å²) in [6.07, 6.45) is 2.21. The van der Waals surface area contributed by atoms with Gasteiger partial charge in [-0.15, -0.1) is 11.3 Å². The van der Waals surface area contributed by atoms with Gasteiger partial charge in [-0.25, -0.2) is 4.98 Å². The van der Waals surface area contributed by atoms with Gasteiger partial charge in [0.25, 0.3) is 0 Å². The van der Waals surface area contributed by atoms with Crippen LogP contribution in [0.3, 0.4) is 0 Å². The maximum atomic E-state index is 11.5. The number of hydrogen-bond donors (Lipinski definition) is 1. The van der Waals surface area contributed by atoms with E-state index in [1.54, 1.807) is 11.6 Å². The second kappa shape index (κ2) is 5.05. The lowest BCUT2D eigenvalue weighted by atomic mass is 10.3. The predicted octanol–water partition coefficient (Wildman–Crippen LogP) is 0.621. The summed E-state index contributed by atoms with van der Waals surface area (Å²) in [5.41, 5.74) is 0. The summed E-state index contributed by atoms with van der Waals surface area (Å²) in [5, 5.41) is 4.87. The first-order valence-electron chi connectivity index (χ1n) is 5.19. The molecule has 1 N–H and O–H groups in total. The van der Waals surface area contributed by atoms with Crippen molar-refractivity contribution in [2.75, 3.05) is 11.9 Å². The molecule has 17 heavy (non-hydrogen) atoms. The number of amides is 3. The second-order valence-corrected chi connectivity index (χ2v) is 4.47. The highest BCUT2D eigenvalue weighted by Crippen LogP contribution is 2.13. The highest BCUT2D eigenvalue weighted by molar-refractivity contribution is 7.13. The van der Waals surface area contributed by atoms with Gasteiger partial charge in [0.1, 0.15) is 0 Å². The molecule has 0 atom stereocenters. The summed E-state index contributed by atoms with van der Waals surface area (Å²) in [7, 11) is 0. The monoisotopic (exact) mass is 253 g/mol. The van der Waals surface area contributed by atoms with Crippen LogP contribution < -0.4 is 5.32 Å². The fourth-order valence-corrected chi connectivity index (χ4v) is 2.10. The van der Waals surface area contributed by atoms with Crippen LogP contribution in [-0.2, 0) is 14.4 Å². The molecule has 0 unspecified atom stereocenters. The number of nitrogens with one attached hydrogen (secondary N) is 1. The first kappa shape index (κ1) is 11.7. The Labute approximate surface area is 102 Å². The van der Waals surface area contributed by atoms with Crippen LogP contribution in [0, 0.1) is 0 Å². The van der Waals surface area contributed by atoms with Crippen molar-refractivity contribution in [3.05, 3.63) is 11.6 Å². The lowest BCUT2D eigenvalue weighted by molar-refractivity contribution is -0.138. The Kier molecular flexibility index (Phi) is 3.48. The molecule has 0 spiro atoms. The normalized spacial score (nSPS) is 15.4. The first-order chi connectivity index (χ1) is 8.16. The minimum atomic E-state index is -0.243. The molecule has 1 fully saturated rings. The van der Waals surface area contributed by atoms with Crippen LogP contribution in [0.25, 0.3) is 0 Å². The van der Waals surface area contributed by atoms with Gasteiger partial charge < -0.3 is 5.32 Å². The second-order valence-electron chi connectivity index (χ2n) is 3.57. The van der Waals surface area contributed by atoms with Gasteiger partial charge in [0.15, 0.2) is 5.13 Å². The molecule has 1 aliphatic rings. The molecule has 6 nitrogen and oxygen atoms in total. The lowest BCUT2D eigenvalue weighted by Gasteiger charge is -2.12. The van der Waals surface area contributed by atoms with Gasteiger partial charge in [-0.2, -0.15) is 0 Å². The van der Waals surface area contributed by atoms with Crippen molar-refractivity contribution in [2.24, 2.45) is 0 Å². The van der Waals surface area contributed by atoms with Crippen molar-refractivity contribution in [1.29, 1.82) is 0 Å². The largest absolute Gasteiger partial charge is 0.302 e. The molecular weight excluding hydrogens is 242 g/mol. The Balaban J connectivity index is 1.80. The lowest BCUT2D eigenvalue weighted by Crippen LogP contribution is -2.32. The first-order valence-corrected chi connectivity index (χ1v) is 6.07. The smallest absolute Gasteiger partial charge is 0.229 e. The van der Waals surface area contributed by atoms with E-state index < -0.39 is 0 Å². The molecule has 0 radical (unpaired) electrons. The molecule has 1 aliphatic heterocycles. The van der Waals surface area contributed by atoms with Crippen molar-refractivity contribution >= 4 is 34.2 Å². The van der Waals surface area contributed by atoms with E-state index in [0.29, 0.717) is 5.13 Å². The van der Waals surface area contributed by atoms with E-state index in [0.717, 1.165) is 4.90 Å². The number of imide groups is 1. The summed E-state index contributed by atoms with van der Waals surface area (Å²) in [6, 6.07) is 0. The number of rotatable bonds is 4. The molecule has 0 saturated carbocycles. The molecule has 1 aromatic rings. The van der Waals surface area contributed by atoms with Crippen LogP contribution in [0.4, 0.5) is 5.13 Å². The SMILES string of the molecule is O=C(CCN1C(=O)CCC1=O)Nc1nccs1. The van der Waals surface area contributed by atoms with Gasteiger partial charge in [0.05, 0.1) is 0 Å². The third-order valence-electron chi connectivity index (χ3n) is 2.40. The Morgan fingerprint density at radius 2 is 2.12 bits per heavy atom. The van der Waals surface area contributed by atoms with Crippen LogP contribution in [0.2, 0.25) is 0 Å². The van der Waals surface area contributed by atoms with E-state index in [4.69, 9.17) is 0 Å². The average Bonchev–Trinajstić information content (AvgIpc) is 2.88. The van der Waals surface area contributed by atoms with Crippen LogP contribution in [0.5, 0.6) is 0 Å². The molecule has 2 heterocycles. The molecule has 3 amide bonds. The Bertz CT molecular complexity index is 428. The molecule has 0 bridgehead atoms. The number of anilines is 1. The third kappa shape index (κ3) is 2.88. The van der Waals surface area contributed by atoms with E-state index in [2.05, 4.69) is 10.3 Å². The van der Waals surface area contributed by atoms with Gasteiger partial charge in [-0.1, -0.05) is 0 Å². The number of aromatic nitrogens is 1. The van der Waals surface area contributed by atoms with Gasteiger partial charge in [-0.3, -0.25) is 19.3 Å². The van der Waals surface area contributed by atoms with Crippen LogP contribution in [-0.4, -0.2) is 34.2 Å². The summed E-state index contributed by atoms with van der Waals surface area (Å²) in [5.74, 6) is -0.637. The number of thiazole rings is 1. The van der Waals surface area contributed by atoms with Gasteiger partial charge in [0, 0.05) is 37.4 Å². The molecule has 1 saturated heterocycles. The van der Waals surface area contributed by atoms with E-state index in [1.807, 2.05) is 0 Å². The zero-order valence-corrected chi connectivity index (χ0v) is 9.83. The highest BCUT2D eigenvalue weighted by atomic mass is 32.1. The molecule has 7 heteroatoms. The maximum absolute atomic E-state index is 11.5. The van der Waals surface area contributed by atoms with Gasteiger partial charge >= 0.3 is 0 Å². The Hall–Kier alpha value is -1.76. The van der Waals surface area contributed by atoms with Crippen molar-refractivity contribution in [3.8, 4) is 0 Å². The summed E-state index contributed by atoms with van der Waals surface area (Å²) < 4.78 is 0. The minimum Gasteiger partial charge on any atom is -0.302 e. The number of carbonyl (C=O) groups excluding carboxylic acids is 3. The number of nitrogens with zero attached hydrogens (tertiary/aromatic N) is 2. The van der Waals surface area contributed by atoms with Gasteiger partial charge in [0.2, 0.25) is 17.7 Å². The highest BCUT2D eigenvalue weighted by Gasteiger charge is 2.28. The zero-order chi connectivity index (χ0) is 12.3. The standard InChI is InChI=1S/C10H11N3O3S/c14-7(12-10-11-4-6-17-10)3-5-13-8(15)1-2-9(13)16/h4,6H,1-3,5H2,(H,11,12,14). The van der Waals surface area contributed by atoms with E-state index in [1.165, 1.54) is 11.3 Å². The summed E-state index contributed by atoms with van der Waals surface area (Å²) in [4.78, 5) is 39.1. The Morgan fingerprint density at radius 3 is 2.71 bits per heavy atom. The van der Waals surface area contributed by atoms with Gasteiger partial charge in [-0.05, 0) is 0 Å². The van der Waals surface area contributed by atoms with Crippen LogP contribution in [0.15, 0.2) is 11.6 Å². The average molecular weight is 253 g/mol. The molecule has 0 aliphatic carbocycles. The van der Waals surface area contributed by atoms with Crippen LogP contribution >= 0.6 is 11.3 Å². The third-order valence-corrected chi connectivity index (χ3v) is 3.08. The fourth-order valence-electron chi connectivity index (χ4n) is 1.55. The summed E-state index contributed by atoms with van der Waals surface area (Å²) in [6.45, 7) is 0.148. The Morgan fingerprint density at radius 1 is 1.41 bits per heavy atom. The zero-order valence-electron chi connectivity index (χ0n) is 9.01. The summed E-state index contributed by atoms with van der Waals surface area (Å²) >= 11 is 1.32. The molecule has 1 aromatic heterocycles. The van der Waals surface area contributed by atoms with E-state index >= 15 is 0 Å². The molecule has 2 rings (SSSR count). The predicted molar refractivity (Wildman–Crippen MR) is 61.3 cm³/mol. The van der Waals surface area contributed by atoms with Crippen molar-refractivity contribution in [2.45, 2.75) is 19.3 Å². The topological polar surface area (TPSA) is 79.4 Å². The maximum Gasteiger partial charge on any atom is 0.229 e. The van der Waals surface area contributed by atoms with E-state index in [-0.39, 0.29) is 43.5 Å². The molecular formula is C10H11N3O3S. The van der Waals surface area contributed by atoms with Crippen molar-refractivity contribution in [3.63, 3.8) is 0 Å². The quantitative estimate of drug-likeness (QED) is 0.798. The van der Waals surface area contributed by atoms with Crippen LogP contribution in [0.1, 0.15) is 19.3 Å². The van der Waals surface area contributed by atoms with E-state index in [9.17, 15) is 14.4 Å². The number of carbonyl (C=O) groups is 3. The minimum absolute atomic E-state index is 0.108. The number of hydrogen-bond acceptors (Lipinski definition) is 5. The molecule has 0 aromatic carbocycles. The van der Waals surface area contributed by atoms with Crippen molar-refractivity contribution in [1.82, 2.24) is 9.88 Å².